The van der Waals surface area contributed by atoms with Crippen molar-refractivity contribution >= 4 is 6.08 Å². The number of phenols is 3. The van der Waals surface area contributed by atoms with Crippen molar-refractivity contribution in [2.75, 3.05) is 13.2 Å². The van der Waals surface area contributed by atoms with Gasteiger partial charge in [-0.1, -0.05) is 12.1 Å². The first-order valence-electron chi connectivity index (χ1n) is 16.4. The molecule has 0 aromatic heterocycles. The zero-order valence-electron chi connectivity index (χ0n) is 27.4. The molecule has 4 aliphatic heterocycles. The van der Waals surface area contributed by atoms with Crippen molar-refractivity contribution in [2.24, 2.45) is 0 Å². The van der Waals surface area contributed by atoms with E-state index in [4.69, 9.17) is 33.2 Å². The van der Waals surface area contributed by atoms with E-state index in [1.807, 2.05) is 0 Å². The molecule has 0 bridgehead atoms. The average molecular weight is 743 g/mol. The van der Waals surface area contributed by atoms with Gasteiger partial charge in [0.05, 0.1) is 24.9 Å². The molecule has 2 aromatic rings. The minimum absolute atomic E-state index is 0.0379. The Balaban J connectivity index is 1.33. The van der Waals surface area contributed by atoms with E-state index in [1.54, 1.807) is 0 Å². The zero-order valence-corrected chi connectivity index (χ0v) is 27.4. The quantitative estimate of drug-likeness (QED) is 0.120. The summed E-state index contributed by atoms with van der Waals surface area (Å²) in [5.74, 6) is -0.866. The monoisotopic (exact) mass is 742 g/mol. The number of benzene rings is 2. The molecule has 3 saturated heterocycles. The molecule has 3 fully saturated rings. The van der Waals surface area contributed by atoms with Crippen molar-refractivity contribution < 1.29 is 94.4 Å². The number of aliphatic hydroxyl groups excluding tert-OH is 9. The van der Waals surface area contributed by atoms with E-state index in [9.17, 15) is 61.3 Å². The Kier molecular flexibility index (Phi) is 11.5. The molecule has 4 aliphatic rings. The van der Waals surface area contributed by atoms with Crippen LogP contribution in [0.1, 0.15) is 24.2 Å². The van der Waals surface area contributed by atoms with E-state index in [1.165, 1.54) is 43.3 Å². The first kappa shape index (κ1) is 38.3. The highest BCUT2D eigenvalue weighted by Gasteiger charge is 2.53. The molecule has 0 radical (unpaired) electrons. The molecule has 0 aliphatic carbocycles. The van der Waals surface area contributed by atoms with Gasteiger partial charge in [-0.05, 0) is 25.1 Å². The van der Waals surface area contributed by atoms with Crippen molar-refractivity contribution in [2.45, 2.75) is 105 Å². The number of aliphatic hydroxyl groups is 9. The minimum Gasteiger partial charge on any atom is -0.508 e. The second-order valence-corrected chi connectivity index (χ2v) is 13.0. The second-order valence-electron chi connectivity index (χ2n) is 13.0. The lowest BCUT2D eigenvalue weighted by Crippen LogP contribution is -2.65. The van der Waals surface area contributed by atoms with E-state index in [0.29, 0.717) is 5.56 Å². The summed E-state index contributed by atoms with van der Waals surface area (Å²) in [6.07, 6.45) is -24.7. The van der Waals surface area contributed by atoms with Crippen molar-refractivity contribution in [3.63, 3.8) is 0 Å². The van der Waals surface area contributed by atoms with Crippen LogP contribution in [-0.2, 0) is 28.4 Å². The molecule has 19 heteroatoms. The molecule has 0 spiro atoms. The largest absolute Gasteiger partial charge is 0.508 e. The normalized spacial score (nSPS) is 40.7. The van der Waals surface area contributed by atoms with Crippen LogP contribution in [0, 0.1) is 0 Å². The third kappa shape index (κ3) is 7.52. The lowest BCUT2D eigenvalue weighted by molar-refractivity contribution is -0.368. The third-order valence-corrected chi connectivity index (χ3v) is 9.36. The van der Waals surface area contributed by atoms with Gasteiger partial charge >= 0.3 is 0 Å². The molecule has 2 unspecified atom stereocenters. The Morgan fingerprint density at radius 2 is 1.29 bits per heavy atom. The fourth-order valence-electron chi connectivity index (χ4n) is 6.31. The Morgan fingerprint density at radius 3 is 1.98 bits per heavy atom. The van der Waals surface area contributed by atoms with Crippen LogP contribution in [-0.4, -0.2) is 167 Å². The smallest absolute Gasteiger partial charge is 0.229 e. The molecular formula is C33H42O19. The highest BCUT2D eigenvalue weighted by molar-refractivity contribution is 5.69. The first-order chi connectivity index (χ1) is 24.7. The summed E-state index contributed by atoms with van der Waals surface area (Å²) in [6.45, 7) is 0.0212. The maximum Gasteiger partial charge on any atom is 0.229 e. The lowest BCUT2D eigenvalue weighted by atomic mass is 9.97. The summed E-state index contributed by atoms with van der Waals surface area (Å²) in [4.78, 5) is 0. The third-order valence-electron chi connectivity index (χ3n) is 9.36. The predicted octanol–water partition coefficient (Wildman–Crippen LogP) is -3.23. The van der Waals surface area contributed by atoms with Crippen LogP contribution in [0.3, 0.4) is 0 Å². The Hall–Kier alpha value is -3.38. The predicted molar refractivity (Wildman–Crippen MR) is 168 cm³/mol. The van der Waals surface area contributed by atoms with Crippen LogP contribution in [0.15, 0.2) is 42.2 Å². The molecule has 4 heterocycles. The van der Waals surface area contributed by atoms with Gasteiger partial charge in [-0.3, -0.25) is 0 Å². The summed E-state index contributed by atoms with van der Waals surface area (Å²) < 4.78 is 40.7. The van der Waals surface area contributed by atoms with E-state index in [0.717, 1.165) is 6.07 Å². The van der Waals surface area contributed by atoms with Gasteiger partial charge in [0, 0.05) is 17.7 Å². The SMILES string of the molecule is C[C@@H]1O[C@@H](OC[C@H]2O[C@@H](OC3=Cc4c(O)cc(O)cc4OC3c3ccc(O)cc3)[C@H](O[C@@H]3OC(CO)[C@@H](O)[C@H](O)[C@H]3O)[C@@H](O)[C@@H]2O)[C@H](O)[C@H](O)[C@H]1O. The van der Waals surface area contributed by atoms with E-state index < -0.39 is 117 Å². The number of hydrogen-bond acceptors (Lipinski definition) is 19. The molecule has 6 rings (SSSR count). The van der Waals surface area contributed by atoms with Crippen molar-refractivity contribution in [3.05, 3.63) is 53.3 Å². The Bertz CT molecular complexity index is 1550. The molecule has 16 atom stereocenters. The summed E-state index contributed by atoms with van der Waals surface area (Å²) >= 11 is 0. The van der Waals surface area contributed by atoms with Crippen LogP contribution in [0.4, 0.5) is 0 Å². The van der Waals surface area contributed by atoms with E-state index in [2.05, 4.69) is 0 Å². The summed E-state index contributed by atoms with van der Waals surface area (Å²) in [6, 6.07) is 7.99. The molecule has 0 saturated carbocycles. The van der Waals surface area contributed by atoms with Crippen LogP contribution in [0.2, 0.25) is 0 Å². The maximum atomic E-state index is 11.4. The van der Waals surface area contributed by atoms with Gasteiger partial charge in [-0.2, -0.15) is 0 Å². The van der Waals surface area contributed by atoms with E-state index >= 15 is 0 Å². The minimum atomic E-state index is -1.95. The highest BCUT2D eigenvalue weighted by Crippen LogP contribution is 2.45. The first-order valence-corrected chi connectivity index (χ1v) is 16.4. The number of ether oxygens (including phenoxy) is 7. The number of aromatic hydroxyl groups is 3. The Labute approximate surface area is 295 Å². The van der Waals surface area contributed by atoms with Gasteiger partial charge in [-0.15, -0.1) is 0 Å². The number of phenolic OH excluding ortho intramolecular Hbond substituents is 3. The van der Waals surface area contributed by atoms with Crippen LogP contribution in [0.5, 0.6) is 23.0 Å². The zero-order chi connectivity index (χ0) is 37.6. The average Bonchev–Trinajstić information content (AvgIpc) is 3.12. The molecule has 288 valence electrons. The van der Waals surface area contributed by atoms with Gasteiger partial charge < -0.3 is 94.4 Å². The van der Waals surface area contributed by atoms with Gasteiger partial charge in [0.1, 0.15) is 89.8 Å². The fourth-order valence-corrected chi connectivity index (χ4v) is 6.31. The standard InChI is InChI=1S/C33H42O19/c1-11-21(38)24(41)27(44)31(47-11)46-10-20-23(40)26(43)30(52-32-28(45)25(42)22(39)19(9-34)50-32)33(51-20)49-18-8-15-16(37)6-14(36)7-17(15)48-29(18)12-2-4-13(35)5-3-12/h2-8,11,19-45H,9-10H2,1H3/t11-,19?,20+,21-,22+,23+,24+,25-,26-,27+,28+,29?,30+,31+,32-,33+/m0/s1. The van der Waals surface area contributed by atoms with Gasteiger partial charge in [0.25, 0.3) is 0 Å². The van der Waals surface area contributed by atoms with Crippen LogP contribution >= 0.6 is 0 Å². The van der Waals surface area contributed by atoms with Crippen molar-refractivity contribution in [1.29, 1.82) is 0 Å². The van der Waals surface area contributed by atoms with Gasteiger partial charge in [0.2, 0.25) is 6.29 Å². The molecular weight excluding hydrogens is 700 g/mol. The number of rotatable bonds is 9. The number of fused-ring (bicyclic) bond motifs is 1. The topological polar surface area (TPSA) is 307 Å². The number of hydrogen-bond donors (Lipinski definition) is 12. The van der Waals surface area contributed by atoms with E-state index in [-0.39, 0.29) is 28.6 Å². The lowest BCUT2D eigenvalue weighted by Gasteiger charge is -2.47. The molecule has 0 amide bonds. The summed E-state index contributed by atoms with van der Waals surface area (Å²) in [5, 5.41) is 125. The molecule has 2 aromatic carbocycles. The molecule has 52 heavy (non-hydrogen) atoms. The second kappa shape index (κ2) is 15.5. The van der Waals surface area contributed by atoms with Crippen LogP contribution < -0.4 is 4.74 Å². The highest BCUT2D eigenvalue weighted by atomic mass is 16.8. The van der Waals surface area contributed by atoms with Crippen LogP contribution in [0.25, 0.3) is 6.08 Å². The fraction of sp³-hybridized carbons (Fsp3) is 0.576. The maximum absolute atomic E-state index is 11.4. The summed E-state index contributed by atoms with van der Waals surface area (Å²) in [7, 11) is 0. The van der Waals surface area contributed by atoms with Crippen molar-refractivity contribution in [3.8, 4) is 23.0 Å². The molecule has 19 nitrogen and oxygen atoms in total. The Morgan fingerprint density at radius 1 is 0.654 bits per heavy atom. The van der Waals surface area contributed by atoms with Crippen molar-refractivity contribution in [1.82, 2.24) is 0 Å². The molecule has 12 N–H and O–H groups in total. The van der Waals surface area contributed by atoms with Gasteiger partial charge in [-0.25, -0.2) is 0 Å². The summed E-state index contributed by atoms with van der Waals surface area (Å²) in [5.41, 5.74) is 0.447. The van der Waals surface area contributed by atoms with Gasteiger partial charge in [0.15, 0.2) is 24.8 Å².